The zero-order valence-electron chi connectivity index (χ0n) is 15.2. The molecule has 0 aromatic heterocycles. The highest BCUT2D eigenvalue weighted by molar-refractivity contribution is 6.24. The molecule has 4 rings (SSSR count). The number of rotatable bonds is 5. The fourth-order valence-corrected chi connectivity index (χ4v) is 4.43. The third kappa shape index (κ3) is 3.52. The number of fused-ring (bicyclic) bond motifs is 2. The van der Waals surface area contributed by atoms with Gasteiger partial charge in [0, 0.05) is 11.6 Å². The number of nitrogens with one attached hydrogen (secondary N) is 1. The molecule has 2 bridgehead atoms. The zero-order valence-corrected chi connectivity index (χ0v) is 15.2. The average molecular weight is 347 g/mol. The van der Waals surface area contributed by atoms with E-state index in [4.69, 9.17) is 4.74 Å². The van der Waals surface area contributed by atoms with Crippen molar-refractivity contribution in [3.63, 3.8) is 0 Å². The SMILES string of the molecule is COc1ccc(/C=C(/C(=O)N[C@H]2C[C@@H]3CC[C@@H]2C3)c2ccccc2)cc1. The summed E-state index contributed by atoms with van der Waals surface area (Å²) in [6.07, 6.45) is 6.99. The molecule has 2 fully saturated rings. The van der Waals surface area contributed by atoms with Gasteiger partial charge < -0.3 is 10.1 Å². The third-order valence-electron chi connectivity index (χ3n) is 5.81. The Morgan fingerprint density at radius 2 is 1.81 bits per heavy atom. The van der Waals surface area contributed by atoms with Gasteiger partial charge in [0.1, 0.15) is 5.75 Å². The van der Waals surface area contributed by atoms with Crippen LogP contribution in [0.15, 0.2) is 54.6 Å². The van der Waals surface area contributed by atoms with Gasteiger partial charge in [0.05, 0.1) is 7.11 Å². The van der Waals surface area contributed by atoms with Crippen LogP contribution in [-0.2, 0) is 4.79 Å². The number of carbonyl (C=O) groups is 1. The fourth-order valence-electron chi connectivity index (χ4n) is 4.43. The van der Waals surface area contributed by atoms with Crippen molar-refractivity contribution in [1.29, 1.82) is 0 Å². The van der Waals surface area contributed by atoms with Crippen molar-refractivity contribution in [2.45, 2.75) is 31.7 Å². The minimum Gasteiger partial charge on any atom is -0.497 e. The summed E-state index contributed by atoms with van der Waals surface area (Å²) in [5.74, 6) is 2.33. The summed E-state index contributed by atoms with van der Waals surface area (Å²) >= 11 is 0. The van der Waals surface area contributed by atoms with Crippen LogP contribution in [0.5, 0.6) is 5.75 Å². The standard InChI is InChI=1S/C23H25NO2/c1-26-20-11-8-16(9-12-20)14-21(18-5-3-2-4-6-18)23(25)24-22-15-17-7-10-19(22)13-17/h2-6,8-9,11-12,14,17,19,22H,7,10,13,15H2,1H3,(H,24,25)/b21-14+/t17-,19-,22+/m1/s1. The second-order valence-electron chi connectivity index (χ2n) is 7.45. The molecule has 1 amide bonds. The van der Waals surface area contributed by atoms with Gasteiger partial charge in [-0.05, 0) is 60.4 Å². The number of methoxy groups -OCH3 is 1. The van der Waals surface area contributed by atoms with Gasteiger partial charge in [-0.15, -0.1) is 0 Å². The summed E-state index contributed by atoms with van der Waals surface area (Å²) in [4.78, 5) is 13.1. The topological polar surface area (TPSA) is 38.3 Å². The molecule has 3 heteroatoms. The summed E-state index contributed by atoms with van der Waals surface area (Å²) in [6, 6.07) is 18.0. The van der Waals surface area contributed by atoms with Gasteiger partial charge in [0.2, 0.25) is 0 Å². The highest BCUT2D eigenvalue weighted by Gasteiger charge is 2.40. The quantitative estimate of drug-likeness (QED) is 0.637. The van der Waals surface area contributed by atoms with Crippen molar-refractivity contribution in [2.24, 2.45) is 11.8 Å². The molecule has 0 spiro atoms. The average Bonchev–Trinajstić information content (AvgIpc) is 3.30. The Balaban J connectivity index is 1.60. The van der Waals surface area contributed by atoms with Crippen LogP contribution in [0, 0.1) is 11.8 Å². The first kappa shape index (κ1) is 16.9. The lowest BCUT2D eigenvalue weighted by molar-refractivity contribution is -0.116. The number of hydrogen-bond acceptors (Lipinski definition) is 2. The Morgan fingerprint density at radius 1 is 1.04 bits per heavy atom. The predicted octanol–water partition coefficient (Wildman–Crippen LogP) is 4.54. The summed E-state index contributed by atoms with van der Waals surface area (Å²) in [6.45, 7) is 0. The normalized spacial score (nSPS) is 24.5. The number of amides is 1. The van der Waals surface area contributed by atoms with Crippen molar-refractivity contribution in [3.05, 3.63) is 65.7 Å². The Labute approximate surface area is 155 Å². The van der Waals surface area contributed by atoms with Gasteiger partial charge in [-0.25, -0.2) is 0 Å². The molecule has 0 radical (unpaired) electrons. The van der Waals surface area contributed by atoms with Gasteiger partial charge in [-0.2, -0.15) is 0 Å². The monoisotopic (exact) mass is 347 g/mol. The predicted molar refractivity (Wildman–Crippen MR) is 105 cm³/mol. The van der Waals surface area contributed by atoms with Crippen LogP contribution >= 0.6 is 0 Å². The van der Waals surface area contributed by atoms with E-state index in [-0.39, 0.29) is 5.91 Å². The van der Waals surface area contributed by atoms with E-state index in [1.807, 2.05) is 60.7 Å². The molecule has 0 unspecified atom stereocenters. The fraction of sp³-hybridized carbons (Fsp3) is 0.348. The first-order valence-corrected chi connectivity index (χ1v) is 9.45. The van der Waals surface area contributed by atoms with E-state index in [9.17, 15) is 4.79 Å². The number of ether oxygens (including phenoxy) is 1. The van der Waals surface area contributed by atoms with E-state index in [1.54, 1.807) is 7.11 Å². The van der Waals surface area contributed by atoms with E-state index in [0.29, 0.717) is 12.0 Å². The van der Waals surface area contributed by atoms with Crippen LogP contribution in [0.3, 0.4) is 0 Å². The van der Waals surface area contributed by atoms with Crippen molar-refractivity contribution in [3.8, 4) is 5.75 Å². The van der Waals surface area contributed by atoms with Crippen molar-refractivity contribution in [1.82, 2.24) is 5.32 Å². The summed E-state index contributed by atoms with van der Waals surface area (Å²) in [5, 5.41) is 3.32. The second-order valence-corrected chi connectivity index (χ2v) is 7.45. The Hall–Kier alpha value is -2.55. The Morgan fingerprint density at radius 3 is 2.42 bits per heavy atom. The maximum atomic E-state index is 13.1. The zero-order chi connectivity index (χ0) is 17.9. The lowest BCUT2D eigenvalue weighted by Gasteiger charge is -2.23. The van der Waals surface area contributed by atoms with E-state index in [0.717, 1.165) is 34.8 Å². The molecule has 2 aromatic rings. The van der Waals surface area contributed by atoms with Crippen molar-refractivity contribution >= 4 is 17.6 Å². The molecule has 3 nitrogen and oxygen atoms in total. The van der Waals surface area contributed by atoms with Gasteiger partial charge in [0.15, 0.2) is 0 Å². The number of benzene rings is 2. The van der Waals surface area contributed by atoms with Gasteiger partial charge in [-0.3, -0.25) is 4.79 Å². The van der Waals surface area contributed by atoms with Crippen molar-refractivity contribution in [2.75, 3.05) is 7.11 Å². The minimum absolute atomic E-state index is 0.0320. The van der Waals surface area contributed by atoms with E-state index in [2.05, 4.69) is 5.32 Å². The van der Waals surface area contributed by atoms with Crippen LogP contribution in [0.25, 0.3) is 11.6 Å². The third-order valence-corrected chi connectivity index (χ3v) is 5.81. The lowest BCUT2D eigenvalue weighted by Crippen LogP contribution is -2.38. The summed E-state index contributed by atoms with van der Waals surface area (Å²) < 4.78 is 5.22. The van der Waals surface area contributed by atoms with Crippen LogP contribution in [0.1, 0.15) is 36.8 Å². The second kappa shape index (κ2) is 7.36. The van der Waals surface area contributed by atoms with Gasteiger partial charge in [-0.1, -0.05) is 48.9 Å². The molecule has 1 N–H and O–H groups in total. The van der Waals surface area contributed by atoms with Gasteiger partial charge in [0.25, 0.3) is 5.91 Å². The smallest absolute Gasteiger partial charge is 0.252 e. The molecular formula is C23H25NO2. The molecule has 0 saturated heterocycles. The first-order valence-electron chi connectivity index (χ1n) is 9.45. The summed E-state index contributed by atoms with van der Waals surface area (Å²) in [7, 11) is 1.66. The molecule has 2 aliphatic rings. The Bertz CT molecular complexity index is 795. The molecule has 2 aromatic carbocycles. The maximum absolute atomic E-state index is 13.1. The number of carbonyl (C=O) groups excluding carboxylic acids is 1. The van der Waals surface area contributed by atoms with Crippen LogP contribution in [-0.4, -0.2) is 19.1 Å². The lowest BCUT2D eigenvalue weighted by atomic mass is 9.94. The van der Waals surface area contributed by atoms with E-state index in [1.165, 1.54) is 19.3 Å². The summed E-state index contributed by atoms with van der Waals surface area (Å²) in [5.41, 5.74) is 2.66. The molecule has 0 aliphatic heterocycles. The highest BCUT2D eigenvalue weighted by atomic mass is 16.5. The first-order chi connectivity index (χ1) is 12.7. The number of hydrogen-bond donors (Lipinski definition) is 1. The van der Waals surface area contributed by atoms with Crippen molar-refractivity contribution < 1.29 is 9.53 Å². The largest absolute Gasteiger partial charge is 0.497 e. The molecule has 134 valence electrons. The highest BCUT2D eigenvalue weighted by Crippen LogP contribution is 2.44. The molecule has 2 aliphatic carbocycles. The molecule has 26 heavy (non-hydrogen) atoms. The maximum Gasteiger partial charge on any atom is 0.252 e. The Kier molecular flexibility index (Phi) is 4.79. The van der Waals surface area contributed by atoms with Crippen LogP contribution in [0.2, 0.25) is 0 Å². The molecule has 2 saturated carbocycles. The minimum atomic E-state index is 0.0320. The van der Waals surface area contributed by atoms with E-state index >= 15 is 0 Å². The van der Waals surface area contributed by atoms with Crippen LogP contribution < -0.4 is 10.1 Å². The molecular weight excluding hydrogens is 322 g/mol. The van der Waals surface area contributed by atoms with E-state index < -0.39 is 0 Å². The van der Waals surface area contributed by atoms with Crippen LogP contribution in [0.4, 0.5) is 0 Å². The molecule has 0 heterocycles. The van der Waals surface area contributed by atoms with Gasteiger partial charge >= 0.3 is 0 Å². The molecule has 3 atom stereocenters.